The van der Waals surface area contributed by atoms with E-state index in [1.807, 2.05) is 0 Å². The molecule has 2 aromatic carbocycles. The van der Waals surface area contributed by atoms with Crippen molar-refractivity contribution in [3.63, 3.8) is 0 Å². The summed E-state index contributed by atoms with van der Waals surface area (Å²) in [7, 11) is -0.872. The first-order chi connectivity index (χ1) is 14.2. The molecule has 0 aliphatic carbocycles. The quantitative estimate of drug-likeness (QED) is 0.550. The number of amides is 2. The van der Waals surface area contributed by atoms with Crippen LogP contribution in [0, 0.1) is 0 Å². The monoisotopic (exact) mass is 435 g/mol. The second kappa shape index (κ2) is 10.1. The third-order valence-electron chi connectivity index (χ3n) is 4.16. The normalized spacial score (nSPS) is 12.0. The number of sulfonamides is 1. The van der Waals surface area contributed by atoms with Crippen molar-refractivity contribution in [3.8, 4) is 11.5 Å². The van der Waals surface area contributed by atoms with Gasteiger partial charge in [-0.15, -0.1) is 0 Å². The number of carbonyl (C=O) groups excluding carboxylic acids is 2. The Bertz CT molecular complexity index is 1010. The van der Waals surface area contributed by atoms with Gasteiger partial charge in [0.2, 0.25) is 21.8 Å². The Hall–Kier alpha value is -3.11. The van der Waals surface area contributed by atoms with Gasteiger partial charge in [0, 0.05) is 30.8 Å². The number of rotatable bonds is 9. The number of methoxy groups -OCH3 is 2. The van der Waals surface area contributed by atoms with Gasteiger partial charge in [-0.05, 0) is 43.3 Å². The van der Waals surface area contributed by atoms with Crippen molar-refractivity contribution in [1.82, 2.24) is 10.0 Å². The van der Waals surface area contributed by atoms with E-state index >= 15 is 0 Å². The van der Waals surface area contributed by atoms with E-state index in [-0.39, 0.29) is 17.3 Å². The number of ether oxygens (including phenoxy) is 2. The van der Waals surface area contributed by atoms with Gasteiger partial charge in [-0.3, -0.25) is 9.59 Å². The molecule has 0 aliphatic rings. The van der Waals surface area contributed by atoms with Crippen molar-refractivity contribution >= 4 is 27.5 Å². The number of benzene rings is 2. The summed E-state index contributed by atoms with van der Waals surface area (Å²) in [6, 6.07) is 9.81. The first kappa shape index (κ1) is 23.2. The van der Waals surface area contributed by atoms with Crippen LogP contribution in [0.5, 0.6) is 11.5 Å². The summed E-state index contributed by atoms with van der Waals surface area (Å²) in [5, 5.41) is 5.24. The van der Waals surface area contributed by atoms with Gasteiger partial charge in [-0.2, -0.15) is 4.72 Å². The van der Waals surface area contributed by atoms with E-state index in [2.05, 4.69) is 15.4 Å². The SMILES string of the molecule is COc1ccc(CNC(=O)[C@H](C)NS(=O)(=O)c2ccc(NC(C)=O)cc2)c(OC)c1. The van der Waals surface area contributed by atoms with Crippen molar-refractivity contribution in [2.75, 3.05) is 19.5 Å². The van der Waals surface area contributed by atoms with Crippen LogP contribution >= 0.6 is 0 Å². The van der Waals surface area contributed by atoms with Crippen molar-refractivity contribution < 1.29 is 27.5 Å². The largest absolute Gasteiger partial charge is 0.497 e. The van der Waals surface area contributed by atoms with Crippen LogP contribution in [0.15, 0.2) is 47.4 Å². The van der Waals surface area contributed by atoms with E-state index in [0.29, 0.717) is 17.2 Å². The third-order valence-corrected chi connectivity index (χ3v) is 5.71. The van der Waals surface area contributed by atoms with Gasteiger partial charge in [0.25, 0.3) is 0 Å². The molecule has 9 nitrogen and oxygen atoms in total. The number of hydrogen-bond acceptors (Lipinski definition) is 6. The molecule has 3 N–H and O–H groups in total. The van der Waals surface area contributed by atoms with Gasteiger partial charge in [-0.1, -0.05) is 0 Å². The zero-order valence-corrected chi connectivity index (χ0v) is 18.0. The Kier molecular flexibility index (Phi) is 7.79. The van der Waals surface area contributed by atoms with Crippen molar-refractivity contribution in [2.24, 2.45) is 0 Å². The second-order valence-electron chi connectivity index (χ2n) is 6.44. The van der Waals surface area contributed by atoms with E-state index in [0.717, 1.165) is 5.56 Å². The van der Waals surface area contributed by atoms with Gasteiger partial charge in [0.1, 0.15) is 11.5 Å². The molecule has 0 fully saturated rings. The van der Waals surface area contributed by atoms with Crippen LogP contribution in [0.2, 0.25) is 0 Å². The summed E-state index contributed by atoms with van der Waals surface area (Å²) in [5.41, 5.74) is 1.19. The molecule has 2 amide bonds. The smallest absolute Gasteiger partial charge is 0.241 e. The van der Waals surface area contributed by atoms with Crippen molar-refractivity contribution in [3.05, 3.63) is 48.0 Å². The van der Waals surface area contributed by atoms with E-state index in [1.54, 1.807) is 18.2 Å². The minimum atomic E-state index is -3.92. The maximum absolute atomic E-state index is 12.5. The molecule has 0 saturated carbocycles. The predicted octanol–water partition coefficient (Wildman–Crippen LogP) is 1.65. The standard InChI is InChI=1S/C20H25N3O6S/c1-13(20(25)21-12-15-5-8-17(28-3)11-19(15)29-4)23-30(26,27)18-9-6-16(7-10-18)22-14(2)24/h5-11,13,23H,12H2,1-4H3,(H,21,25)(H,22,24)/t13-/m0/s1. The minimum Gasteiger partial charge on any atom is -0.497 e. The minimum absolute atomic E-state index is 0.0203. The molecular weight excluding hydrogens is 410 g/mol. The zero-order chi connectivity index (χ0) is 22.3. The molecule has 0 saturated heterocycles. The van der Waals surface area contributed by atoms with E-state index in [1.165, 1.54) is 52.3 Å². The molecule has 2 rings (SSSR count). The van der Waals surface area contributed by atoms with Crippen LogP contribution in [0.25, 0.3) is 0 Å². The van der Waals surface area contributed by atoms with Gasteiger partial charge in [0.15, 0.2) is 0 Å². The first-order valence-corrected chi connectivity index (χ1v) is 10.5. The summed E-state index contributed by atoms with van der Waals surface area (Å²) >= 11 is 0. The van der Waals surface area contributed by atoms with Gasteiger partial charge in [-0.25, -0.2) is 8.42 Å². The van der Waals surface area contributed by atoms with E-state index < -0.39 is 22.0 Å². The van der Waals surface area contributed by atoms with Gasteiger partial charge >= 0.3 is 0 Å². The average molecular weight is 436 g/mol. The molecule has 0 bridgehead atoms. The molecule has 0 spiro atoms. The lowest BCUT2D eigenvalue weighted by molar-refractivity contribution is -0.122. The molecule has 0 heterocycles. The van der Waals surface area contributed by atoms with Crippen LogP contribution < -0.4 is 24.8 Å². The highest BCUT2D eigenvalue weighted by Gasteiger charge is 2.22. The number of nitrogens with one attached hydrogen (secondary N) is 3. The Morgan fingerprint density at radius 3 is 2.27 bits per heavy atom. The first-order valence-electron chi connectivity index (χ1n) is 9.05. The Balaban J connectivity index is 2.00. The average Bonchev–Trinajstić information content (AvgIpc) is 2.71. The second-order valence-corrected chi connectivity index (χ2v) is 8.16. The molecule has 0 unspecified atom stereocenters. The number of anilines is 1. The van der Waals surface area contributed by atoms with Crippen molar-refractivity contribution in [1.29, 1.82) is 0 Å². The lowest BCUT2D eigenvalue weighted by Gasteiger charge is -2.16. The molecule has 30 heavy (non-hydrogen) atoms. The molecule has 162 valence electrons. The zero-order valence-electron chi connectivity index (χ0n) is 17.2. The highest BCUT2D eigenvalue weighted by atomic mass is 32.2. The van der Waals surface area contributed by atoms with Crippen LogP contribution in [0.4, 0.5) is 5.69 Å². The summed E-state index contributed by atoms with van der Waals surface area (Å²) in [4.78, 5) is 23.4. The lowest BCUT2D eigenvalue weighted by Crippen LogP contribution is -2.44. The van der Waals surface area contributed by atoms with E-state index in [9.17, 15) is 18.0 Å². The molecule has 2 aromatic rings. The Morgan fingerprint density at radius 2 is 1.70 bits per heavy atom. The molecule has 0 aliphatic heterocycles. The van der Waals surface area contributed by atoms with Crippen molar-refractivity contribution in [2.45, 2.75) is 31.3 Å². The molecule has 0 aromatic heterocycles. The highest BCUT2D eigenvalue weighted by Crippen LogP contribution is 2.24. The highest BCUT2D eigenvalue weighted by molar-refractivity contribution is 7.89. The number of hydrogen-bond donors (Lipinski definition) is 3. The molecule has 10 heteroatoms. The molecule has 1 atom stereocenters. The third kappa shape index (κ3) is 6.19. The Labute approximate surface area is 175 Å². The number of carbonyl (C=O) groups is 2. The van der Waals surface area contributed by atoms with E-state index in [4.69, 9.17) is 9.47 Å². The molecule has 0 radical (unpaired) electrons. The maximum atomic E-state index is 12.5. The van der Waals surface area contributed by atoms with Gasteiger partial charge < -0.3 is 20.1 Å². The maximum Gasteiger partial charge on any atom is 0.241 e. The summed E-state index contributed by atoms with van der Waals surface area (Å²) in [6.07, 6.45) is 0. The van der Waals surface area contributed by atoms with Crippen LogP contribution in [-0.4, -0.2) is 40.5 Å². The lowest BCUT2D eigenvalue weighted by atomic mass is 10.2. The molecular formula is C20H25N3O6S. The summed E-state index contributed by atoms with van der Waals surface area (Å²) < 4.78 is 37.8. The summed E-state index contributed by atoms with van der Waals surface area (Å²) in [6.45, 7) is 2.96. The van der Waals surface area contributed by atoms with Gasteiger partial charge in [0.05, 0.1) is 25.2 Å². The topological polar surface area (TPSA) is 123 Å². The fourth-order valence-electron chi connectivity index (χ4n) is 2.61. The van der Waals surface area contributed by atoms with Crippen LogP contribution in [-0.2, 0) is 26.2 Å². The Morgan fingerprint density at radius 1 is 1.03 bits per heavy atom. The fourth-order valence-corrected chi connectivity index (χ4v) is 3.81. The summed E-state index contributed by atoms with van der Waals surface area (Å²) in [5.74, 6) is 0.406. The fraction of sp³-hybridized carbons (Fsp3) is 0.300. The predicted molar refractivity (Wildman–Crippen MR) is 112 cm³/mol. The van der Waals surface area contributed by atoms with Crippen LogP contribution in [0.3, 0.4) is 0 Å². The van der Waals surface area contributed by atoms with Crippen LogP contribution in [0.1, 0.15) is 19.4 Å².